The normalized spacial score (nSPS) is 10.1. The number of hydrogen-bond donors (Lipinski definition) is 3. The number of hydrogen-bond acceptors (Lipinski definition) is 4. The van der Waals surface area contributed by atoms with E-state index in [2.05, 4.69) is 27.1 Å². The molecule has 0 fully saturated rings. The molecule has 2 heterocycles. The third-order valence-corrected chi connectivity index (χ3v) is 3.66. The highest BCUT2D eigenvalue weighted by atomic mass is 32.1. The molecular formula is C15H11N3O2S. The summed E-state index contributed by atoms with van der Waals surface area (Å²) in [5, 5.41) is 12.8. The van der Waals surface area contributed by atoms with Crippen molar-refractivity contribution in [1.29, 1.82) is 0 Å². The van der Waals surface area contributed by atoms with Crippen molar-refractivity contribution in [3.63, 3.8) is 0 Å². The molecule has 21 heavy (non-hydrogen) atoms. The summed E-state index contributed by atoms with van der Waals surface area (Å²) in [6.45, 7) is -0.198. The summed E-state index contributed by atoms with van der Waals surface area (Å²) in [5.41, 5.74) is 1.56. The molecule has 6 heteroatoms. The number of carbonyl (C=O) groups excluding carboxylic acids is 1. The molecule has 0 aliphatic heterocycles. The van der Waals surface area contributed by atoms with Gasteiger partial charge in [0, 0.05) is 22.7 Å². The average Bonchev–Trinajstić information content (AvgIpc) is 3.12. The third kappa shape index (κ3) is 2.94. The van der Waals surface area contributed by atoms with Crippen LogP contribution in [-0.4, -0.2) is 27.6 Å². The van der Waals surface area contributed by atoms with Crippen LogP contribution in [0.4, 0.5) is 5.13 Å². The van der Waals surface area contributed by atoms with Crippen molar-refractivity contribution in [3.8, 4) is 11.8 Å². The predicted molar refractivity (Wildman–Crippen MR) is 82.3 cm³/mol. The molecule has 1 amide bonds. The van der Waals surface area contributed by atoms with Crippen LogP contribution in [-0.2, 0) is 0 Å². The summed E-state index contributed by atoms with van der Waals surface area (Å²) >= 11 is 1.27. The summed E-state index contributed by atoms with van der Waals surface area (Å²) < 4.78 is 0. The molecule has 2 aromatic heterocycles. The van der Waals surface area contributed by atoms with Crippen molar-refractivity contribution in [3.05, 3.63) is 47.1 Å². The first kappa shape index (κ1) is 13.4. The van der Waals surface area contributed by atoms with Crippen molar-refractivity contribution in [2.75, 3.05) is 11.9 Å². The van der Waals surface area contributed by atoms with Gasteiger partial charge in [0.2, 0.25) is 0 Å². The van der Waals surface area contributed by atoms with Gasteiger partial charge in [-0.3, -0.25) is 10.1 Å². The summed E-state index contributed by atoms with van der Waals surface area (Å²) in [6, 6.07) is 7.36. The van der Waals surface area contributed by atoms with Crippen LogP contribution in [0.15, 0.2) is 36.7 Å². The van der Waals surface area contributed by atoms with Crippen molar-refractivity contribution in [2.45, 2.75) is 0 Å². The first-order valence-corrected chi connectivity index (χ1v) is 7.02. The Morgan fingerprint density at radius 2 is 2.33 bits per heavy atom. The van der Waals surface area contributed by atoms with Gasteiger partial charge < -0.3 is 10.1 Å². The number of nitrogens with one attached hydrogen (secondary N) is 2. The van der Waals surface area contributed by atoms with E-state index in [-0.39, 0.29) is 12.5 Å². The number of H-pyrrole nitrogens is 1. The van der Waals surface area contributed by atoms with Gasteiger partial charge in [0.25, 0.3) is 5.91 Å². The lowest BCUT2D eigenvalue weighted by Crippen LogP contribution is -2.11. The van der Waals surface area contributed by atoms with Crippen molar-refractivity contribution < 1.29 is 9.90 Å². The highest BCUT2D eigenvalue weighted by Gasteiger charge is 2.09. The molecule has 1 aromatic carbocycles. The van der Waals surface area contributed by atoms with Gasteiger partial charge in [-0.1, -0.05) is 23.2 Å². The van der Waals surface area contributed by atoms with Gasteiger partial charge in [-0.15, -0.1) is 0 Å². The van der Waals surface area contributed by atoms with Gasteiger partial charge in [0.15, 0.2) is 5.13 Å². The summed E-state index contributed by atoms with van der Waals surface area (Å²) in [5.74, 6) is 5.08. The third-order valence-electron chi connectivity index (χ3n) is 2.83. The molecule has 0 saturated heterocycles. The van der Waals surface area contributed by atoms with Crippen LogP contribution in [0.2, 0.25) is 0 Å². The topological polar surface area (TPSA) is 78.0 Å². The number of rotatable bonds is 2. The van der Waals surface area contributed by atoms with Gasteiger partial charge in [-0.25, -0.2) is 4.98 Å². The van der Waals surface area contributed by atoms with Crippen LogP contribution in [0.25, 0.3) is 10.9 Å². The fourth-order valence-corrected chi connectivity index (χ4v) is 2.57. The SMILES string of the molecule is O=C(Nc1ncc(C#CCO)s1)c1ccc2[nH]ccc2c1. The highest BCUT2D eigenvalue weighted by molar-refractivity contribution is 7.16. The molecule has 104 valence electrons. The fourth-order valence-electron chi connectivity index (χ4n) is 1.88. The standard InChI is InChI=1S/C15H11N3O2S/c19-7-1-2-12-9-17-15(21-12)18-14(20)11-3-4-13-10(8-11)5-6-16-13/h3-6,8-9,16,19H,7H2,(H,17,18,20). The molecule has 3 aromatic rings. The molecular weight excluding hydrogens is 286 g/mol. The first-order chi connectivity index (χ1) is 10.3. The smallest absolute Gasteiger partial charge is 0.257 e. The van der Waals surface area contributed by atoms with Gasteiger partial charge in [0.1, 0.15) is 6.61 Å². The average molecular weight is 297 g/mol. The fraction of sp³-hybridized carbons (Fsp3) is 0.0667. The van der Waals surface area contributed by atoms with Gasteiger partial charge >= 0.3 is 0 Å². The van der Waals surface area contributed by atoms with Crippen LogP contribution < -0.4 is 5.32 Å². The van der Waals surface area contributed by atoms with Crippen LogP contribution in [0.1, 0.15) is 15.2 Å². The zero-order valence-corrected chi connectivity index (χ0v) is 11.7. The number of aromatic amines is 1. The molecule has 0 aliphatic carbocycles. The van der Waals surface area contributed by atoms with E-state index in [0.29, 0.717) is 15.6 Å². The van der Waals surface area contributed by atoms with Crippen LogP contribution in [0.5, 0.6) is 0 Å². The van der Waals surface area contributed by atoms with E-state index >= 15 is 0 Å². The molecule has 0 saturated carbocycles. The lowest BCUT2D eigenvalue weighted by atomic mass is 10.1. The lowest BCUT2D eigenvalue weighted by Gasteiger charge is -2.01. The van der Waals surface area contributed by atoms with E-state index in [1.165, 1.54) is 11.3 Å². The lowest BCUT2D eigenvalue weighted by molar-refractivity contribution is 0.102. The van der Waals surface area contributed by atoms with E-state index in [0.717, 1.165) is 10.9 Å². The maximum Gasteiger partial charge on any atom is 0.257 e. The number of benzene rings is 1. The minimum atomic E-state index is -0.214. The molecule has 0 radical (unpaired) electrons. The maximum absolute atomic E-state index is 12.2. The summed E-state index contributed by atoms with van der Waals surface area (Å²) in [6.07, 6.45) is 3.40. The number of nitrogens with zero attached hydrogens (tertiary/aromatic N) is 1. The predicted octanol–water partition coefficient (Wildman–Crippen LogP) is 2.22. The number of aromatic nitrogens is 2. The number of fused-ring (bicyclic) bond motifs is 1. The van der Waals surface area contributed by atoms with Gasteiger partial charge in [-0.05, 0) is 24.3 Å². The highest BCUT2D eigenvalue weighted by Crippen LogP contribution is 2.19. The molecule has 0 bridgehead atoms. The largest absolute Gasteiger partial charge is 0.384 e. The van der Waals surface area contributed by atoms with Gasteiger partial charge in [-0.2, -0.15) is 0 Å². The minimum absolute atomic E-state index is 0.198. The molecule has 5 nitrogen and oxygen atoms in total. The van der Waals surface area contributed by atoms with E-state index in [9.17, 15) is 4.79 Å². The zero-order valence-electron chi connectivity index (χ0n) is 10.9. The second-order valence-corrected chi connectivity index (χ2v) is 5.25. The number of amides is 1. The second-order valence-electron chi connectivity index (χ2n) is 4.22. The monoisotopic (exact) mass is 297 g/mol. The molecule has 0 unspecified atom stereocenters. The Morgan fingerprint density at radius 1 is 1.43 bits per heavy atom. The van der Waals surface area contributed by atoms with Crippen LogP contribution in [0.3, 0.4) is 0 Å². The van der Waals surface area contributed by atoms with E-state index in [4.69, 9.17) is 5.11 Å². The van der Waals surface area contributed by atoms with Crippen LogP contribution >= 0.6 is 11.3 Å². The Labute approximate surface area is 124 Å². The zero-order chi connectivity index (χ0) is 14.7. The maximum atomic E-state index is 12.2. The number of carbonyl (C=O) groups is 1. The molecule has 0 spiro atoms. The Kier molecular flexibility index (Phi) is 3.69. The van der Waals surface area contributed by atoms with E-state index < -0.39 is 0 Å². The molecule has 3 rings (SSSR count). The number of aliphatic hydroxyl groups is 1. The summed E-state index contributed by atoms with van der Waals surface area (Å²) in [7, 11) is 0. The molecule has 0 atom stereocenters. The minimum Gasteiger partial charge on any atom is -0.384 e. The Bertz CT molecular complexity index is 854. The summed E-state index contributed by atoms with van der Waals surface area (Å²) in [4.78, 5) is 20.0. The van der Waals surface area contributed by atoms with Gasteiger partial charge in [0.05, 0.1) is 11.1 Å². The Morgan fingerprint density at radius 3 is 3.19 bits per heavy atom. The van der Waals surface area contributed by atoms with Crippen molar-refractivity contribution in [1.82, 2.24) is 9.97 Å². The van der Waals surface area contributed by atoms with Crippen molar-refractivity contribution >= 4 is 33.3 Å². The van der Waals surface area contributed by atoms with E-state index in [1.54, 1.807) is 12.3 Å². The Hall–Kier alpha value is -2.62. The number of thiazole rings is 1. The number of aliphatic hydroxyl groups excluding tert-OH is 1. The quantitative estimate of drug-likeness (QED) is 0.635. The number of anilines is 1. The molecule has 3 N–H and O–H groups in total. The van der Waals surface area contributed by atoms with Crippen molar-refractivity contribution in [2.24, 2.45) is 0 Å². The second kappa shape index (κ2) is 5.79. The molecule has 0 aliphatic rings. The Balaban J connectivity index is 1.77. The van der Waals surface area contributed by atoms with Crippen LogP contribution in [0, 0.1) is 11.8 Å². The van der Waals surface area contributed by atoms with E-state index in [1.807, 2.05) is 24.4 Å². The first-order valence-electron chi connectivity index (χ1n) is 6.20.